The van der Waals surface area contributed by atoms with Gasteiger partial charge in [-0.3, -0.25) is 4.98 Å². The minimum absolute atomic E-state index is 0.389. The highest BCUT2D eigenvalue weighted by molar-refractivity contribution is 7.89. The second kappa shape index (κ2) is 7.57. The summed E-state index contributed by atoms with van der Waals surface area (Å²) < 4.78 is 27.6. The van der Waals surface area contributed by atoms with E-state index in [9.17, 15) is 8.42 Å². The van der Waals surface area contributed by atoms with Gasteiger partial charge in [0, 0.05) is 32.4 Å². The van der Waals surface area contributed by atoms with E-state index in [1.54, 1.807) is 16.6 Å². The number of pyridine rings is 1. The molecule has 0 spiro atoms. The Hall–Kier alpha value is -2.36. The molecule has 146 valence electrons. The molecular weight excluding hydrogens is 394 g/mol. The molecule has 0 N–H and O–H groups in total. The third-order valence-corrected chi connectivity index (χ3v) is 7.82. The van der Waals surface area contributed by atoms with Crippen molar-refractivity contribution in [2.45, 2.75) is 18.7 Å². The Morgan fingerprint density at radius 2 is 1.79 bits per heavy atom. The van der Waals surface area contributed by atoms with Gasteiger partial charge in [-0.1, -0.05) is 35.1 Å². The van der Waals surface area contributed by atoms with Gasteiger partial charge in [-0.25, -0.2) is 8.42 Å². The summed E-state index contributed by atoms with van der Waals surface area (Å²) in [6, 6.07) is 11.1. The second-order valence-electron chi connectivity index (χ2n) is 6.76. The Morgan fingerprint density at radius 1 is 1.00 bits per heavy atom. The maximum Gasteiger partial charge on any atom is 0.243 e. The monoisotopic (exact) mass is 415 g/mol. The molecule has 9 heteroatoms. The van der Waals surface area contributed by atoms with Gasteiger partial charge in [0.1, 0.15) is 5.69 Å². The Bertz CT molecular complexity index is 1070. The number of nitrogens with zero attached hydrogens (tertiary/aromatic N) is 5. The molecular formula is C19H21N5O2S2. The summed E-state index contributed by atoms with van der Waals surface area (Å²) in [5.41, 5.74) is 2.63. The lowest BCUT2D eigenvalue weighted by molar-refractivity contribution is 0.384. The summed E-state index contributed by atoms with van der Waals surface area (Å²) in [6.07, 6.45) is 1.73. The van der Waals surface area contributed by atoms with Gasteiger partial charge >= 0.3 is 0 Å². The van der Waals surface area contributed by atoms with Gasteiger partial charge in [-0.15, -0.1) is 10.2 Å². The van der Waals surface area contributed by atoms with E-state index in [-0.39, 0.29) is 0 Å². The van der Waals surface area contributed by atoms with Crippen molar-refractivity contribution in [2.75, 3.05) is 31.1 Å². The van der Waals surface area contributed by atoms with Crippen molar-refractivity contribution in [3.63, 3.8) is 0 Å². The van der Waals surface area contributed by atoms with Crippen LogP contribution in [0.3, 0.4) is 0 Å². The smallest absolute Gasteiger partial charge is 0.243 e. The molecule has 0 bridgehead atoms. The van der Waals surface area contributed by atoms with Crippen LogP contribution in [0, 0.1) is 13.8 Å². The molecule has 0 unspecified atom stereocenters. The molecule has 0 saturated carbocycles. The van der Waals surface area contributed by atoms with Crippen LogP contribution >= 0.6 is 11.3 Å². The second-order valence-corrected chi connectivity index (χ2v) is 9.63. The minimum atomic E-state index is -3.49. The van der Waals surface area contributed by atoms with Gasteiger partial charge in [0.05, 0.1) is 4.90 Å². The Labute approximate surface area is 168 Å². The van der Waals surface area contributed by atoms with E-state index in [4.69, 9.17) is 0 Å². The lowest BCUT2D eigenvalue weighted by Crippen LogP contribution is -2.48. The fraction of sp³-hybridized carbons (Fsp3) is 0.316. The summed E-state index contributed by atoms with van der Waals surface area (Å²) >= 11 is 1.47. The average Bonchev–Trinajstić information content (AvgIpc) is 3.19. The largest absolute Gasteiger partial charge is 0.344 e. The van der Waals surface area contributed by atoms with Gasteiger partial charge in [0.15, 0.2) is 5.01 Å². The number of sulfonamides is 1. The summed E-state index contributed by atoms with van der Waals surface area (Å²) in [7, 11) is -3.49. The summed E-state index contributed by atoms with van der Waals surface area (Å²) in [4.78, 5) is 6.77. The third kappa shape index (κ3) is 3.65. The van der Waals surface area contributed by atoms with Gasteiger partial charge in [0.2, 0.25) is 15.2 Å². The predicted octanol–water partition coefficient (Wildman–Crippen LogP) is 2.73. The van der Waals surface area contributed by atoms with Crippen molar-refractivity contribution in [2.24, 2.45) is 0 Å². The van der Waals surface area contributed by atoms with Crippen molar-refractivity contribution in [3.05, 3.63) is 53.7 Å². The van der Waals surface area contributed by atoms with E-state index in [1.807, 2.05) is 44.2 Å². The Kier molecular flexibility index (Phi) is 5.13. The zero-order valence-corrected chi connectivity index (χ0v) is 17.4. The maximum atomic E-state index is 13.0. The Morgan fingerprint density at radius 3 is 2.46 bits per heavy atom. The van der Waals surface area contributed by atoms with Crippen LogP contribution in [0.5, 0.6) is 0 Å². The topological polar surface area (TPSA) is 79.3 Å². The first-order valence-corrected chi connectivity index (χ1v) is 11.3. The molecule has 0 amide bonds. The molecule has 1 aliphatic rings. The number of anilines is 1. The highest BCUT2D eigenvalue weighted by atomic mass is 32.2. The van der Waals surface area contributed by atoms with Gasteiger partial charge < -0.3 is 4.90 Å². The van der Waals surface area contributed by atoms with Crippen LogP contribution in [0.15, 0.2) is 47.5 Å². The summed E-state index contributed by atoms with van der Waals surface area (Å²) in [6.45, 7) is 5.82. The first-order chi connectivity index (χ1) is 13.4. The van der Waals surface area contributed by atoms with Gasteiger partial charge in [-0.2, -0.15) is 4.31 Å². The SMILES string of the molecule is Cc1ccc(S(=O)(=O)N2CCN(c3nnc(-c4ccccn4)s3)CC2)c(C)c1. The number of hydrogen-bond acceptors (Lipinski definition) is 7. The summed E-state index contributed by atoms with van der Waals surface area (Å²) in [5.74, 6) is 0. The van der Waals surface area contributed by atoms with E-state index in [0.29, 0.717) is 31.1 Å². The number of rotatable bonds is 4. The third-order valence-electron chi connectivity index (χ3n) is 4.76. The van der Waals surface area contributed by atoms with E-state index < -0.39 is 10.0 Å². The molecule has 28 heavy (non-hydrogen) atoms. The normalized spacial score (nSPS) is 15.7. The van der Waals surface area contributed by atoms with Crippen LogP contribution in [0.2, 0.25) is 0 Å². The van der Waals surface area contributed by atoms with Crippen molar-refractivity contribution in [1.82, 2.24) is 19.5 Å². The van der Waals surface area contributed by atoms with Gasteiger partial charge in [0.25, 0.3) is 0 Å². The van der Waals surface area contributed by atoms with Crippen LogP contribution in [-0.2, 0) is 10.0 Å². The number of benzene rings is 1. The molecule has 1 saturated heterocycles. The zero-order valence-electron chi connectivity index (χ0n) is 15.7. The fourth-order valence-electron chi connectivity index (χ4n) is 3.28. The number of aromatic nitrogens is 3. The molecule has 2 aromatic heterocycles. The lowest BCUT2D eigenvalue weighted by atomic mass is 10.2. The lowest BCUT2D eigenvalue weighted by Gasteiger charge is -2.33. The first-order valence-electron chi connectivity index (χ1n) is 9.02. The van der Waals surface area contributed by atoms with Crippen LogP contribution in [0.25, 0.3) is 10.7 Å². The van der Waals surface area contributed by atoms with Crippen molar-refractivity contribution < 1.29 is 8.42 Å². The number of piperazine rings is 1. The van der Waals surface area contributed by atoms with E-state index in [0.717, 1.165) is 27.0 Å². The highest BCUT2D eigenvalue weighted by Crippen LogP contribution is 2.29. The molecule has 0 atom stereocenters. The molecule has 0 radical (unpaired) electrons. The standard InChI is InChI=1S/C19H21N5O2S2/c1-14-6-7-17(15(2)13-14)28(25,26)24-11-9-23(10-12-24)19-22-21-18(27-19)16-5-3-4-8-20-16/h3-8,13H,9-12H2,1-2H3. The van der Waals surface area contributed by atoms with Crippen molar-refractivity contribution in [3.8, 4) is 10.7 Å². The highest BCUT2D eigenvalue weighted by Gasteiger charge is 2.30. The van der Waals surface area contributed by atoms with Crippen LogP contribution in [-0.4, -0.2) is 54.1 Å². The van der Waals surface area contributed by atoms with E-state index in [1.165, 1.54) is 11.3 Å². The maximum absolute atomic E-state index is 13.0. The molecule has 1 fully saturated rings. The predicted molar refractivity (Wildman–Crippen MR) is 110 cm³/mol. The quantitative estimate of drug-likeness (QED) is 0.652. The minimum Gasteiger partial charge on any atom is -0.344 e. The molecule has 1 aromatic carbocycles. The van der Waals surface area contributed by atoms with Crippen LogP contribution in [0.1, 0.15) is 11.1 Å². The molecule has 4 rings (SSSR count). The first kappa shape index (κ1) is 19.0. The number of hydrogen-bond donors (Lipinski definition) is 0. The molecule has 0 aliphatic carbocycles. The zero-order chi connectivity index (χ0) is 19.7. The van der Waals surface area contributed by atoms with Gasteiger partial charge in [-0.05, 0) is 37.6 Å². The molecule has 3 heterocycles. The van der Waals surface area contributed by atoms with Crippen LogP contribution in [0.4, 0.5) is 5.13 Å². The molecule has 3 aromatic rings. The van der Waals surface area contributed by atoms with Crippen molar-refractivity contribution in [1.29, 1.82) is 0 Å². The van der Waals surface area contributed by atoms with Crippen molar-refractivity contribution >= 4 is 26.5 Å². The number of aryl methyl sites for hydroxylation is 2. The Balaban J connectivity index is 1.47. The fourth-order valence-corrected chi connectivity index (χ4v) is 5.78. The summed E-state index contributed by atoms with van der Waals surface area (Å²) in [5, 5.41) is 10.1. The average molecular weight is 416 g/mol. The van der Waals surface area contributed by atoms with E-state index >= 15 is 0 Å². The van der Waals surface area contributed by atoms with E-state index in [2.05, 4.69) is 20.1 Å². The van der Waals surface area contributed by atoms with Crippen LogP contribution < -0.4 is 4.90 Å². The molecule has 7 nitrogen and oxygen atoms in total. The molecule has 1 aliphatic heterocycles.